The van der Waals surface area contributed by atoms with Gasteiger partial charge in [0.25, 0.3) is 0 Å². The van der Waals surface area contributed by atoms with E-state index in [0.717, 1.165) is 0 Å². The van der Waals surface area contributed by atoms with E-state index in [9.17, 15) is 9.18 Å². The molecule has 0 saturated carbocycles. The Hall–Kier alpha value is -2.36. The van der Waals surface area contributed by atoms with Crippen molar-refractivity contribution in [3.63, 3.8) is 0 Å². The number of rotatable bonds is 3. The van der Waals surface area contributed by atoms with E-state index in [1.165, 1.54) is 25.3 Å². The number of hydrogen-bond acceptors (Lipinski definition) is 3. The van der Waals surface area contributed by atoms with Gasteiger partial charge in [-0.1, -0.05) is 18.2 Å². The molecule has 2 aromatic carbocycles. The minimum Gasteiger partial charge on any atom is -0.494 e. The summed E-state index contributed by atoms with van der Waals surface area (Å²) in [6.07, 6.45) is 0. The smallest absolute Gasteiger partial charge is 0.196 e. The van der Waals surface area contributed by atoms with Crippen molar-refractivity contribution < 1.29 is 13.9 Å². The average molecular weight is 245 g/mol. The van der Waals surface area contributed by atoms with E-state index in [-0.39, 0.29) is 11.3 Å². The van der Waals surface area contributed by atoms with Crippen molar-refractivity contribution in [1.82, 2.24) is 0 Å². The first-order valence-corrected chi connectivity index (χ1v) is 5.36. The SMILES string of the molecule is COc1cccc(C(=O)c2cccc(N)c2)c1F. The van der Waals surface area contributed by atoms with Crippen molar-refractivity contribution >= 4 is 11.5 Å². The first kappa shape index (κ1) is 12.1. The Kier molecular flexibility index (Phi) is 3.28. The number of nitrogens with two attached hydrogens (primary N) is 1. The van der Waals surface area contributed by atoms with Gasteiger partial charge in [0.1, 0.15) is 0 Å². The van der Waals surface area contributed by atoms with Gasteiger partial charge in [0, 0.05) is 11.3 Å². The van der Waals surface area contributed by atoms with Gasteiger partial charge in [-0.3, -0.25) is 4.79 Å². The summed E-state index contributed by atoms with van der Waals surface area (Å²) in [5, 5.41) is 0. The lowest BCUT2D eigenvalue weighted by Gasteiger charge is -2.07. The quantitative estimate of drug-likeness (QED) is 0.668. The molecule has 0 spiro atoms. The third kappa shape index (κ3) is 2.18. The Bertz CT molecular complexity index is 596. The summed E-state index contributed by atoms with van der Waals surface area (Å²) in [4.78, 5) is 12.1. The van der Waals surface area contributed by atoms with Crippen molar-refractivity contribution in [3.8, 4) is 5.75 Å². The van der Waals surface area contributed by atoms with Crippen LogP contribution in [-0.4, -0.2) is 12.9 Å². The molecule has 3 nitrogen and oxygen atoms in total. The highest BCUT2D eigenvalue weighted by molar-refractivity contribution is 6.09. The van der Waals surface area contributed by atoms with Crippen LogP contribution in [0.4, 0.5) is 10.1 Å². The van der Waals surface area contributed by atoms with Gasteiger partial charge in [-0.2, -0.15) is 0 Å². The monoisotopic (exact) mass is 245 g/mol. The zero-order valence-electron chi connectivity index (χ0n) is 9.81. The van der Waals surface area contributed by atoms with Gasteiger partial charge in [0.05, 0.1) is 12.7 Å². The van der Waals surface area contributed by atoms with Crippen LogP contribution in [0.5, 0.6) is 5.75 Å². The molecule has 0 atom stereocenters. The normalized spacial score (nSPS) is 10.1. The molecule has 0 saturated heterocycles. The fourth-order valence-electron chi connectivity index (χ4n) is 1.68. The molecule has 4 heteroatoms. The minimum atomic E-state index is -0.660. The summed E-state index contributed by atoms with van der Waals surface area (Å²) in [6, 6.07) is 10.9. The van der Waals surface area contributed by atoms with Crippen molar-refractivity contribution in [1.29, 1.82) is 0 Å². The standard InChI is InChI=1S/C14H12FNO2/c1-18-12-7-3-6-11(13(12)15)14(17)9-4-2-5-10(16)8-9/h2-8H,16H2,1H3. The van der Waals surface area contributed by atoms with Crippen LogP contribution in [0.15, 0.2) is 42.5 Å². The maximum atomic E-state index is 13.9. The molecule has 0 aliphatic rings. The molecule has 0 bridgehead atoms. The van der Waals surface area contributed by atoms with Gasteiger partial charge in [-0.25, -0.2) is 4.39 Å². The number of carbonyl (C=O) groups excluding carboxylic acids is 1. The molecule has 92 valence electrons. The molecule has 18 heavy (non-hydrogen) atoms. The zero-order valence-corrected chi connectivity index (χ0v) is 9.81. The van der Waals surface area contributed by atoms with E-state index in [4.69, 9.17) is 10.5 Å². The van der Waals surface area contributed by atoms with E-state index >= 15 is 0 Å². The van der Waals surface area contributed by atoms with Gasteiger partial charge in [0.15, 0.2) is 17.3 Å². The highest BCUT2D eigenvalue weighted by Crippen LogP contribution is 2.22. The number of nitrogen functional groups attached to an aromatic ring is 1. The lowest BCUT2D eigenvalue weighted by atomic mass is 10.0. The molecule has 0 aliphatic carbocycles. The molecular formula is C14H12FNO2. The molecule has 2 N–H and O–H groups in total. The van der Waals surface area contributed by atoms with E-state index in [2.05, 4.69) is 0 Å². The molecule has 0 unspecified atom stereocenters. The number of halogens is 1. The molecule has 2 aromatic rings. The summed E-state index contributed by atoms with van der Waals surface area (Å²) in [5.41, 5.74) is 6.38. The van der Waals surface area contributed by atoms with Gasteiger partial charge in [-0.15, -0.1) is 0 Å². The second kappa shape index (κ2) is 4.87. The van der Waals surface area contributed by atoms with Crippen LogP contribution in [0, 0.1) is 5.82 Å². The van der Waals surface area contributed by atoms with E-state index in [1.54, 1.807) is 24.3 Å². The molecule has 0 aliphatic heterocycles. The minimum absolute atomic E-state index is 0.0278. The van der Waals surface area contributed by atoms with Crippen LogP contribution in [-0.2, 0) is 0 Å². The Morgan fingerprint density at radius 2 is 1.94 bits per heavy atom. The Morgan fingerprint density at radius 1 is 1.22 bits per heavy atom. The number of anilines is 1. The molecule has 0 amide bonds. The second-order valence-corrected chi connectivity index (χ2v) is 3.78. The Labute approximate surface area is 104 Å². The molecule has 0 radical (unpaired) electrons. The van der Waals surface area contributed by atoms with Crippen LogP contribution < -0.4 is 10.5 Å². The number of benzene rings is 2. The number of ketones is 1. The maximum absolute atomic E-state index is 13.9. The topological polar surface area (TPSA) is 52.3 Å². The summed E-state index contributed by atoms with van der Waals surface area (Å²) < 4.78 is 18.8. The van der Waals surface area contributed by atoms with Gasteiger partial charge in [-0.05, 0) is 24.3 Å². The van der Waals surface area contributed by atoms with E-state index in [1.807, 2.05) is 0 Å². The van der Waals surface area contributed by atoms with Crippen molar-refractivity contribution in [2.24, 2.45) is 0 Å². The van der Waals surface area contributed by atoms with Crippen LogP contribution >= 0.6 is 0 Å². The molecule has 2 rings (SSSR count). The fourth-order valence-corrected chi connectivity index (χ4v) is 1.68. The van der Waals surface area contributed by atoms with Gasteiger partial charge < -0.3 is 10.5 Å². The third-order valence-electron chi connectivity index (χ3n) is 2.58. The Balaban J connectivity index is 2.46. The van der Waals surface area contributed by atoms with E-state index < -0.39 is 11.6 Å². The number of methoxy groups -OCH3 is 1. The number of ether oxygens (including phenoxy) is 1. The van der Waals surface area contributed by atoms with Crippen LogP contribution in [0.3, 0.4) is 0 Å². The predicted octanol–water partition coefficient (Wildman–Crippen LogP) is 2.65. The van der Waals surface area contributed by atoms with E-state index in [0.29, 0.717) is 11.3 Å². The van der Waals surface area contributed by atoms with Crippen LogP contribution in [0.2, 0.25) is 0 Å². The number of hydrogen-bond donors (Lipinski definition) is 1. The Morgan fingerprint density at radius 3 is 2.61 bits per heavy atom. The zero-order chi connectivity index (χ0) is 13.1. The highest BCUT2D eigenvalue weighted by atomic mass is 19.1. The first-order valence-electron chi connectivity index (χ1n) is 5.36. The lowest BCUT2D eigenvalue weighted by molar-refractivity contribution is 0.103. The maximum Gasteiger partial charge on any atom is 0.196 e. The van der Waals surface area contributed by atoms with Crippen molar-refractivity contribution in [2.45, 2.75) is 0 Å². The summed E-state index contributed by atoms with van der Waals surface area (Å²) >= 11 is 0. The van der Waals surface area contributed by atoms with Gasteiger partial charge in [0.2, 0.25) is 0 Å². The molecule has 0 heterocycles. The molecular weight excluding hydrogens is 233 g/mol. The van der Waals surface area contributed by atoms with Crippen molar-refractivity contribution in [2.75, 3.05) is 12.8 Å². The van der Waals surface area contributed by atoms with Gasteiger partial charge >= 0.3 is 0 Å². The van der Waals surface area contributed by atoms with Crippen molar-refractivity contribution in [3.05, 3.63) is 59.4 Å². The lowest BCUT2D eigenvalue weighted by Crippen LogP contribution is -2.06. The van der Waals surface area contributed by atoms with Crippen LogP contribution in [0.25, 0.3) is 0 Å². The fraction of sp³-hybridized carbons (Fsp3) is 0.0714. The second-order valence-electron chi connectivity index (χ2n) is 3.78. The first-order chi connectivity index (χ1) is 8.63. The molecule has 0 fully saturated rings. The predicted molar refractivity (Wildman–Crippen MR) is 67.2 cm³/mol. The molecule has 0 aromatic heterocycles. The van der Waals surface area contributed by atoms with Crippen LogP contribution in [0.1, 0.15) is 15.9 Å². The number of carbonyl (C=O) groups is 1. The summed E-state index contributed by atoms with van der Waals surface area (Å²) in [5.74, 6) is -1.03. The summed E-state index contributed by atoms with van der Waals surface area (Å²) in [7, 11) is 1.35. The largest absolute Gasteiger partial charge is 0.494 e. The third-order valence-corrected chi connectivity index (χ3v) is 2.58. The highest BCUT2D eigenvalue weighted by Gasteiger charge is 2.17. The average Bonchev–Trinajstić information content (AvgIpc) is 2.38. The summed E-state index contributed by atoms with van der Waals surface area (Å²) in [6.45, 7) is 0.